The summed E-state index contributed by atoms with van der Waals surface area (Å²) in [7, 11) is 1.69. The molecule has 0 atom stereocenters. The Labute approximate surface area is 128 Å². The molecule has 20 heavy (non-hydrogen) atoms. The van der Waals surface area contributed by atoms with E-state index in [1.165, 1.54) is 6.07 Å². The molecule has 5 heteroatoms. The molecule has 1 aromatic rings. The van der Waals surface area contributed by atoms with Gasteiger partial charge in [0.2, 0.25) is 5.91 Å². The average molecular weight is 345 g/mol. The highest BCUT2D eigenvalue weighted by Crippen LogP contribution is 2.28. The second kappa shape index (κ2) is 7.18. The van der Waals surface area contributed by atoms with Gasteiger partial charge in [-0.15, -0.1) is 0 Å². The number of rotatable bonds is 6. The predicted octanol–water partition coefficient (Wildman–Crippen LogP) is 3.31. The van der Waals surface area contributed by atoms with Gasteiger partial charge in [-0.05, 0) is 31.0 Å². The Morgan fingerprint density at radius 2 is 2.00 bits per heavy atom. The third-order valence-corrected chi connectivity index (χ3v) is 4.45. The van der Waals surface area contributed by atoms with Crippen molar-refractivity contribution in [2.45, 2.75) is 33.2 Å². The fourth-order valence-corrected chi connectivity index (χ4v) is 2.73. The molecule has 0 aliphatic rings. The summed E-state index contributed by atoms with van der Waals surface area (Å²) in [4.78, 5) is 14.1. The summed E-state index contributed by atoms with van der Waals surface area (Å²) in [5, 5.41) is 0. The number of nitrogens with zero attached hydrogens (tertiary/aromatic N) is 1. The van der Waals surface area contributed by atoms with E-state index in [4.69, 9.17) is 5.73 Å². The number of benzene rings is 1. The topological polar surface area (TPSA) is 46.3 Å². The lowest BCUT2D eigenvalue weighted by molar-refractivity contribution is -0.141. The van der Waals surface area contributed by atoms with Gasteiger partial charge < -0.3 is 10.6 Å². The van der Waals surface area contributed by atoms with Gasteiger partial charge >= 0.3 is 0 Å². The van der Waals surface area contributed by atoms with Crippen LogP contribution >= 0.6 is 15.9 Å². The van der Waals surface area contributed by atoms with Crippen molar-refractivity contribution in [2.24, 2.45) is 11.1 Å². The molecule has 0 aliphatic carbocycles. The van der Waals surface area contributed by atoms with E-state index in [1.54, 1.807) is 24.1 Å². The van der Waals surface area contributed by atoms with Gasteiger partial charge in [-0.1, -0.05) is 29.8 Å². The minimum atomic E-state index is -0.544. The lowest BCUT2D eigenvalue weighted by atomic mass is 9.81. The van der Waals surface area contributed by atoms with Crippen molar-refractivity contribution in [3.63, 3.8) is 0 Å². The van der Waals surface area contributed by atoms with E-state index >= 15 is 0 Å². The van der Waals surface area contributed by atoms with Crippen molar-refractivity contribution >= 4 is 21.8 Å². The van der Waals surface area contributed by atoms with Gasteiger partial charge in [0.15, 0.2) is 0 Å². The zero-order chi connectivity index (χ0) is 15.3. The minimum absolute atomic E-state index is 0.0237. The quantitative estimate of drug-likeness (QED) is 0.860. The van der Waals surface area contributed by atoms with Gasteiger partial charge in [-0.25, -0.2) is 4.39 Å². The normalized spacial score (nSPS) is 11.5. The Kier molecular flexibility index (Phi) is 6.14. The minimum Gasteiger partial charge on any atom is -0.341 e. The molecule has 0 aliphatic heterocycles. The van der Waals surface area contributed by atoms with Crippen LogP contribution in [0.25, 0.3) is 0 Å². The fourth-order valence-electron chi connectivity index (χ4n) is 2.33. The highest BCUT2D eigenvalue weighted by molar-refractivity contribution is 9.10. The number of nitrogens with two attached hydrogens (primary N) is 1. The number of hydrogen-bond acceptors (Lipinski definition) is 2. The Balaban J connectivity index is 2.92. The van der Waals surface area contributed by atoms with Crippen LogP contribution in [0.2, 0.25) is 0 Å². The summed E-state index contributed by atoms with van der Waals surface area (Å²) < 4.78 is 14.5. The molecular weight excluding hydrogens is 323 g/mol. The maximum Gasteiger partial charge on any atom is 0.230 e. The monoisotopic (exact) mass is 344 g/mol. The summed E-state index contributed by atoms with van der Waals surface area (Å²) >= 11 is 3.31. The van der Waals surface area contributed by atoms with Crippen molar-refractivity contribution in [3.05, 3.63) is 34.1 Å². The third-order valence-electron chi connectivity index (χ3n) is 3.96. The highest BCUT2D eigenvalue weighted by Gasteiger charge is 2.35. The van der Waals surface area contributed by atoms with Crippen molar-refractivity contribution in [3.8, 4) is 0 Å². The van der Waals surface area contributed by atoms with E-state index in [-0.39, 0.29) is 18.3 Å². The van der Waals surface area contributed by atoms with Gasteiger partial charge in [-0.2, -0.15) is 0 Å². The molecule has 1 amide bonds. The number of carbonyl (C=O) groups excluding carboxylic acids is 1. The van der Waals surface area contributed by atoms with Crippen LogP contribution in [0.1, 0.15) is 32.3 Å². The molecular formula is C15H22BrFN2O. The summed E-state index contributed by atoms with van der Waals surface area (Å²) in [6.07, 6.45) is 1.37. The number of hydrogen-bond donors (Lipinski definition) is 1. The Morgan fingerprint density at radius 3 is 2.50 bits per heavy atom. The molecule has 0 spiro atoms. The van der Waals surface area contributed by atoms with Crippen LogP contribution in [0.4, 0.5) is 4.39 Å². The molecule has 2 N–H and O–H groups in total. The second-order valence-corrected chi connectivity index (χ2v) is 6.00. The second-order valence-electron chi connectivity index (χ2n) is 5.09. The first-order chi connectivity index (χ1) is 9.40. The fraction of sp³-hybridized carbons (Fsp3) is 0.533. The van der Waals surface area contributed by atoms with Gasteiger partial charge in [0, 0.05) is 30.2 Å². The van der Waals surface area contributed by atoms with Crippen molar-refractivity contribution < 1.29 is 9.18 Å². The van der Waals surface area contributed by atoms with Crippen LogP contribution < -0.4 is 5.73 Å². The summed E-state index contributed by atoms with van der Waals surface area (Å²) in [6, 6.07) is 4.73. The first-order valence-corrected chi connectivity index (χ1v) is 7.59. The van der Waals surface area contributed by atoms with Gasteiger partial charge in [0.25, 0.3) is 0 Å². The van der Waals surface area contributed by atoms with E-state index in [0.717, 1.165) is 4.47 Å². The first-order valence-electron chi connectivity index (χ1n) is 6.79. The van der Waals surface area contributed by atoms with Gasteiger partial charge in [0.1, 0.15) is 5.82 Å². The van der Waals surface area contributed by atoms with Crippen LogP contribution in [0.5, 0.6) is 0 Å². The third kappa shape index (κ3) is 3.58. The van der Waals surface area contributed by atoms with Crippen LogP contribution in [0.3, 0.4) is 0 Å². The van der Waals surface area contributed by atoms with Crippen LogP contribution in [-0.2, 0) is 11.3 Å². The number of amides is 1. The Bertz CT molecular complexity index is 467. The molecule has 0 aromatic heterocycles. The SMILES string of the molecule is CCC(CC)(CN)C(=O)N(C)Cc1cc(Br)ccc1F. The van der Waals surface area contributed by atoms with Crippen LogP contribution in [0.15, 0.2) is 22.7 Å². The van der Waals surface area contributed by atoms with E-state index in [1.807, 2.05) is 13.8 Å². The molecule has 0 heterocycles. The molecule has 1 aromatic carbocycles. The Morgan fingerprint density at radius 1 is 1.40 bits per heavy atom. The largest absolute Gasteiger partial charge is 0.341 e. The first kappa shape index (κ1) is 17.1. The van der Waals surface area contributed by atoms with Crippen molar-refractivity contribution in [1.29, 1.82) is 0 Å². The van der Waals surface area contributed by atoms with E-state index < -0.39 is 5.41 Å². The molecule has 112 valence electrons. The summed E-state index contributed by atoms with van der Waals surface area (Å²) in [6.45, 7) is 4.47. The molecule has 1 rings (SSSR count). The maximum absolute atomic E-state index is 13.8. The molecule has 0 fully saturated rings. The number of carbonyl (C=O) groups is 1. The smallest absolute Gasteiger partial charge is 0.230 e. The number of halogens is 2. The van der Waals surface area contributed by atoms with Gasteiger partial charge in [-0.3, -0.25) is 4.79 Å². The molecule has 0 radical (unpaired) electrons. The molecule has 0 saturated heterocycles. The predicted molar refractivity (Wildman–Crippen MR) is 82.6 cm³/mol. The van der Waals surface area contributed by atoms with Gasteiger partial charge in [0.05, 0.1) is 5.41 Å². The standard InChI is InChI=1S/C15H22BrFN2O/c1-4-15(5-2,10-18)14(20)19(3)9-11-8-12(16)6-7-13(11)17/h6-8H,4-5,9-10,18H2,1-3H3. The summed E-state index contributed by atoms with van der Waals surface area (Å²) in [5.41, 5.74) is 5.74. The highest BCUT2D eigenvalue weighted by atomic mass is 79.9. The van der Waals surface area contributed by atoms with Crippen molar-refractivity contribution in [2.75, 3.05) is 13.6 Å². The average Bonchev–Trinajstić information content (AvgIpc) is 2.45. The molecule has 0 bridgehead atoms. The van der Waals surface area contributed by atoms with Crippen LogP contribution in [-0.4, -0.2) is 24.4 Å². The Hall–Kier alpha value is -0.940. The lowest BCUT2D eigenvalue weighted by Gasteiger charge is -2.33. The zero-order valence-corrected chi connectivity index (χ0v) is 13.8. The maximum atomic E-state index is 13.8. The van der Waals surface area contributed by atoms with Crippen LogP contribution in [0, 0.1) is 11.2 Å². The summed E-state index contributed by atoms with van der Waals surface area (Å²) in [5.74, 6) is -0.330. The van der Waals surface area contributed by atoms with E-state index in [0.29, 0.717) is 24.9 Å². The molecule has 0 saturated carbocycles. The molecule has 0 unspecified atom stereocenters. The zero-order valence-electron chi connectivity index (χ0n) is 12.2. The molecule has 3 nitrogen and oxygen atoms in total. The van der Waals surface area contributed by atoms with E-state index in [2.05, 4.69) is 15.9 Å². The van der Waals surface area contributed by atoms with Crippen molar-refractivity contribution in [1.82, 2.24) is 4.90 Å². The van der Waals surface area contributed by atoms with E-state index in [9.17, 15) is 9.18 Å². The lowest BCUT2D eigenvalue weighted by Crippen LogP contribution is -2.45.